The summed E-state index contributed by atoms with van der Waals surface area (Å²) >= 11 is 0. The van der Waals surface area contributed by atoms with Crippen LogP contribution in [0.1, 0.15) is 52.4 Å². The second kappa shape index (κ2) is 3.35. The first-order valence-electron chi connectivity index (χ1n) is 6.70. The summed E-state index contributed by atoms with van der Waals surface area (Å²) in [5, 5.41) is 10.7. The van der Waals surface area contributed by atoms with E-state index in [2.05, 4.69) is 0 Å². The molecule has 4 atom stereocenters. The normalized spacial score (nSPS) is 49.2. The average Bonchev–Trinajstić information content (AvgIpc) is 2.09. The van der Waals surface area contributed by atoms with Gasteiger partial charge in [0.25, 0.3) is 0 Å². The van der Waals surface area contributed by atoms with Gasteiger partial charge in [-0.2, -0.15) is 0 Å². The molecule has 4 bridgehead atoms. The number of rotatable bonds is 2. The molecule has 100 valence electrons. The van der Waals surface area contributed by atoms with Crippen molar-refractivity contribution in [3.63, 3.8) is 0 Å². The quantitative estimate of drug-likeness (QED) is 0.758. The van der Waals surface area contributed by atoms with Crippen molar-refractivity contribution in [3.05, 3.63) is 0 Å². The lowest BCUT2D eigenvalue weighted by Gasteiger charge is -2.63. The second-order valence-electron chi connectivity index (χ2n) is 6.85. The third kappa shape index (κ3) is 1.62. The van der Waals surface area contributed by atoms with Crippen LogP contribution in [0.5, 0.6) is 0 Å². The van der Waals surface area contributed by atoms with Crippen molar-refractivity contribution in [2.45, 2.75) is 63.6 Å². The molecule has 18 heavy (non-hydrogen) atoms. The molecule has 4 heteroatoms. The Morgan fingerprint density at radius 2 is 1.83 bits per heavy atom. The van der Waals surface area contributed by atoms with E-state index in [4.69, 9.17) is 4.74 Å². The van der Waals surface area contributed by atoms with Gasteiger partial charge in [0, 0.05) is 18.8 Å². The number of Topliss-reactive ketones (excluding diaryl/α,β-unsaturated/α-hetero) is 1. The van der Waals surface area contributed by atoms with E-state index in [0.29, 0.717) is 25.2 Å². The largest absolute Gasteiger partial charge is 0.459 e. The van der Waals surface area contributed by atoms with Crippen LogP contribution in [-0.4, -0.2) is 28.1 Å². The first-order valence-corrected chi connectivity index (χ1v) is 6.70. The highest BCUT2D eigenvalue weighted by Crippen LogP contribution is 2.64. The highest BCUT2D eigenvalue weighted by molar-refractivity contribution is 5.83. The molecule has 0 saturated heterocycles. The van der Waals surface area contributed by atoms with E-state index in [1.54, 1.807) is 6.92 Å². The number of ether oxygens (including phenoxy) is 1. The number of carbonyl (C=O) groups excluding carboxylic acids is 2. The van der Waals surface area contributed by atoms with Gasteiger partial charge in [-0.1, -0.05) is 0 Å². The molecule has 4 saturated carbocycles. The minimum Gasteiger partial charge on any atom is -0.459 e. The molecule has 4 aliphatic rings. The minimum absolute atomic E-state index is 0.140. The van der Waals surface area contributed by atoms with Crippen molar-refractivity contribution in [2.75, 3.05) is 0 Å². The van der Waals surface area contributed by atoms with E-state index in [1.165, 1.54) is 6.92 Å². The van der Waals surface area contributed by atoms with Crippen molar-refractivity contribution in [3.8, 4) is 0 Å². The molecule has 0 heterocycles. The molecule has 0 aromatic carbocycles. The van der Waals surface area contributed by atoms with Crippen LogP contribution in [0.25, 0.3) is 0 Å². The second-order valence-corrected chi connectivity index (χ2v) is 6.85. The summed E-state index contributed by atoms with van der Waals surface area (Å²) in [6.07, 6.45) is 4.08. The van der Waals surface area contributed by atoms with Crippen LogP contribution in [0.3, 0.4) is 0 Å². The Balaban J connectivity index is 2.00. The molecule has 4 fully saturated rings. The maximum absolute atomic E-state index is 12.0. The van der Waals surface area contributed by atoms with Gasteiger partial charge in [-0.3, -0.25) is 9.59 Å². The Labute approximate surface area is 107 Å². The third-order valence-electron chi connectivity index (χ3n) is 5.10. The third-order valence-corrected chi connectivity index (χ3v) is 5.10. The van der Waals surface area contributed by atoms with Crippen molar-refractivity contribution in [2.24, 2.45) is 11.3 Å². The van der Waals surface area contributed by atoms with Crippen molar-refractivity contribution in [1.82, 2.24) is 0 Å². The average molecular weight is 252 g/mol. The molecule has 4 aliphatic carbocycles. The summed E-state index contributed by atoms with van der Waals surface area (Å²) in [5.74, 6) is 0.148. The van der Waals surface area contributed by atoms with E-state index in [-0.39, 0.29) is 11.8 Å². The number of carbonyl (C=O) groups is 2. The fourth-order valence-electron chi connectivity index (χ4n) is 5.11. The van der Waals surface area contributed by atoms with Gasteiger partial charge in [0.1, 0.15) is 11.4 Å². The molecule has 4 unspecified atom stereocenters. The van der Waals surface area contributed by atoms with Gasteiger partial charge in [0.05, 0.1) is 5.60 Å². The van der Waals surface area contributed by atoms with Crippen LogP contribution in [0, 0.1) is 11.3 Å². The number of hydrogen-bond acceptors (Lipinski definition) is 4. The molecular weight excluding hydrogens is 232 g/mol. The maximum atomic E-state index is 12.0. The van der Waals surface area contributed by atoms with E-state index >= 15 is 0 Å². The number of esters is 1. The zero-order chi connectivity index (χ0) is 13.2. The fraction of sp³-hybridized carbons (Fsp3) is 0.857. The van der Waals surface area contributed by atoms with Crippen LogP contribution in [0.4, 0.5) is 0 Å². The predicted molar refractivity (Wildman–Crippen MR) is 63.8 cm³/mol. The molecule has 4 rings (SSSR count). The van der Waals surface area contributed by atoms with Gasteiger partial charge < -0.3 is 9.84 Å². The lowest BCUT2D eigenvalue weighted by molar-refractivity contribution is -0.238. The fourth-order valence-corrected chi connectivity index (χ4v) is 5.11. The van der Waals surface area contributed by atoms with Crippen molar-refractivity contribution >= 4 is 11.8 Å². The molecule has 0 aromatic rings. The first kappa shape index (κ1) is 12.2. The number of ketones is 1. The van der Waals surface area contributed by atoms with E-state index in [0.717, 1.165) is 19.3 Å². The Bertz CT molecular complexity index is 432. The number of aliphatic hydroxyl groups is 1. The molecule has 4 nitrogen and oxygen atoms in total. The molecule has 0 spiro atoms. The molecule has 0 aliphatic heterocycles. The lowest BCUT2D eigenvalue weighted by Crippen LogP contribution is -2.65. The number of hydrogen-bond donors (Lipinski definition) is 1. The summed E-state index contributed by atoms with van der Waals surface area (Å²) in [4.78, 5) is 23.3. The van der Waals surface area contributed by atoms with Gasteiger partial charge in [-0.25, -0.2) is 0 Å². The topological polar surface area (TPSA) is 63.6 Å². The molecule has 0 radical (unpaired) electrons. The minimum atomic E-state index is -0.805. The summed E-state index contributed by atoms with van der Waals surface area (Å²) in [5.41, 5.74) is -1.85. The zero-order valence-corrected chi connectivity index (χ0v) is 11.0. The smallest absolute Gasteiger partial charge is 0.303 e. The molecular formula is C14H20O4. The zero-order valence-electron chi connectivity index (χ0n) is 11.0. The Morgan fingerprint density at radius 1 is 1.11 bits per heavy atom. The van der Waals surface area contributed by atoms with Crippen LogP contribution < -0.4 is 0 Å². The van der Waals surface area contributed by atoms with Crippen LogP contribution in [-0.2, 0) is 14.3 Å². The van der Waals surface area contributed by atoms with E-state index in [9.17, 15) is 14.7 Å². The summed E-state index contributed by atoms with van der Waals surface area (Å²) in [6, 6.07) is 0. The van der Waals surface area contributed by atoms with Crippen LogP contribution >= 0.6 is 0 Å². The Kier molecular flexibility index (Phi) is 2.26. The highest BCUT2D eigenvalue weighted by Gasteiger charge is 2.66. The molecule has 0 aromatic heterocycles. The molecule has 1 N–H and O–H groups in total. The SMILES string of the molecule is CC(=O)OC12CC3CC(O)(C1)CC(C(C)=O)(C3)C2. The summed E-state index contributed by atoms with van der Waals surface area (Å²) in [6.45, 7) is 3.01. The van der Waals surface area contributed by atoms with Crippen molar-refractivity contribution in [1.29, 1.82) is 0 Å². The Hall–Kier alpha value is -0.900. The van der Waals surface area contributed by atoms with Gasteiger partial charge >= 0.3 is 5.97 Å². The van der Waals surface area contributed by atoms with Crippen molar-refractivity contribution < 1.29 is 19.4 Å². The first-order chi connectivity index (χ1) is 8.27. The van der Waals surface area contributed by atoms with Gasteiger partial charge in [-0.15, -0.1) is 0 Å². The maximum Gasteiger partial charge on any atom is 0.303 e. The van der Waals surface area contributed by atoms with Crippen LogP contribution in [0.2, 0.25) is 0 Å². The molecule has 0 amide bonds. The van der Waals surface area contributed by atoms with Gasteiger partial charge in [0.2, 0.25) is 0 Å². The summed E-state index contributed by atoms with van der Waals surface area (Å²) < 4.78 is 5.54. The monoisotopic (exact) mass is 252 g/mol. The van der Waals surface area contributed by atoms with Gasteiger partial charge in [0.15, 0.2) is 0 Å². The lowest BCUT2D eigenvalue weighted by atomic mass is 9.45. The standard InChI is InChI=1S/C14H20O4/c1-9(15)12-3-11-4-13(17,6-12)8-14(5-11,7-12)18-10(2)16/h11,17H,3-8H2,1-2H3. The summed E-state index contributed by atoms with van der Waals surface area (Å²) in [7, 11) is 0. The van der Waals surface area contributed by atoms with E-state index < -0.39 is 16.6 Å². The highest BCUT2D eigenvalue weighted by atomic mass is 16.6. The van der Waals surface area contributed by atoms with Crippen LogP contribution in [0.15, 0.2) is 0 Å². The van der Waals surface area contributed by atoms with Gasteiger partial charge in [-0.05, 0) is 44.9 Å². The predicted octanol–water partition coefficient (Wildman–Crippen LogP) is 1.59. The Morgan fingerprint density at radius 3 is 2.39 bits per heavy atom. The van der Waals surface area contributed by atoms with E-state index in [1.807, 2.05) is 0 Å².